The van der Waals surface area contributed by atoms with Crippen LogP contribution in [0.5, 0.6) is 17.2 Å². The summed E-state index contributed by atoms with van der Waals surface area (Å²) in [6, 6.07) is 2.73. The van der Waals surface area contributed by atoms with Gasteiger partial charge >= 0.3 is 0 Å². The van der Waals surface area contributed by atoms with Crippen molar-refractivity contribution in [1.82, 2.24) is 5.32 Å². The van der Waals surface area contributed by atoms with Gasteiger partial charge in [-0.1, -0.05) is 0 Å². The van der Waals surface area contributed by atoms with E-state index in [0.29, 0.717) is 22.8 Å². The molecule has 0 aliphatic carbocycles. The van der Waals surface area contributed by atoms with Crippen LogP contribution in [0.4, 0.5) is 0 Å². The number of nitrogens with two attached hydrogens (primary N) is 1. The first-order valence-corrected chi connectivity index (χ1v) is 6.38. The zero-order valence-corrected chi connectivity index (χ0v) is 12.8. The highest BCUT2D eigenvalue weighted by molar-refractivity contribution is 5.81. The topological polar surface area (TPSA) is 92.0 Å². The van der Waals surface area contributed by atoms with Crippen molar-refractivity contribution in [1.29, 1.82) is 0 Å². The lowest BCUT2D eigenvalue weighted by Crippen LogP contribution is -2.43. The van der Waals surface area contributed by atoms with E-state index in [-0.39, 0.29) is 19.1 Å². The van der Waals surface area contributed by atoms with Gasteiger partial charge in [0.2, 0.25) is 5.91 Å². The smallest absolute Gasteiger partial charge is 0.239 e. The highest BCUT2D eigenvalue weighted by Crippen LogP contribution is 2.33. The summed E-state index contributed by atoms with van der Waals surface area (Å²) in [6.45, 7) is 0.384. The fourth-order valence-electron chi connectivity index (χ4n) is 1.81. The second-order valence-corrected chi connectivity index (χ2v) is 4.29. The molecule has 1 unspecified atom stereocenters. The van der Waals surface area contributed by atoms with E-state index in [9.17, 15) is 4.79 Å². The minimum atomic E-state index is -0.717. The highest BCUT2D eigenvalue weighted by Gasteiger charge is 2.17. The van der Waals surface area contributed by atoms with E-state index in [1.54, 1.807) is 19.2 Å². The maximum absolute atomic E-state index is 11.8. The van der Waals surface area contributed by atoms with Gasteiger partial charge in [-0.05, 0) is 0 Å². The van der Waals surface area contributed by atoms with Crippen LogP contribution in [0.2, 0.25) is 0 Å². The standard InChI is InChI=1S/C14H22N2O5/c1-18-8-11(15)14(17)16-7-10-12(20-3)5-9(19-2)6-13(10)21-4/h5-6,11H,7-8,15H2,1-4H3,(H,16,17). The minimum absolute atomic E-state index is 0.155. The largest absolute Gasteiger partial charge is 0.496 e. The van der Waals surface area contributed by atoms with Crippen LogP contribution in [0.1, 0.15) is 5.56 Å². The summed E-state index contributed by atoms with van der Waals surface area (Å²) < 4.78 is 20.6. The Balaban J connectivity index is 2.89. The second kappa shape index (κ2) is 8.33. The number of benzene rings is 1. The molecule has 0 spiro atoms. The van der Waals surface area contributed by atoms with Crippen LogP contribution < -0.4 is 25.3 Å². The van der Waals surface area contributed by atoms with Crippen molar-refractivity contribution in [2.75, 3.05) is 35.0 Å². The number of amides is 1. The summed E-state index contributed by atoms with van der Waals surface area (Å²) in [6.07, 6.45) is 0. The molecule has 0 aliphatic rings. The molecule has 0 bridgehead atoms. The summed E-state index contributed by atoms with van der Waals surface area (Å²) in [5, 5.41) is 2.73. The van der Waals surface area contributed by atoms with E-state index >= 15 is 0 Å². The van der Waals surface area contributed by atoms with Crippen LogP contribution in [0.25, 0.3) is 0 Å². The monoisotopic (exact) mass is 298 g/mol. The molecule has 1 aromatic rings. The van der Waals surface area contributed by atoms with E-state index in [1.165, 1.54) is 21.3 Å². The summed E-state index contributed by atoms with van der Waals surface area (Å²) in [5.74, 6) is 1.42. The van der Waals surface area contributed by atoms with Gasteiger partial charge in [0.15, 0.2) is 0 Å². The van der Waals surface area contributed by atoms with Gasteiger partial charge in [0, 0.05) is 19.2 Å². The Hall–Kier alpha value is -1.99. The molecule has 7 nitrogen and oxygen atoms in total. The molecule has 0 saturated heterocycles. The van der Waals surface area contributed by atoms with Gasteiger partial charge in [0.05, 0.1) is 40.0 Å². The van der Waals surface area contributed by atoms with Crippen molar-refractivity contribution in [2.45, 2.75) is 12.6 Å². The lowest BCUT2D eigenvalue weighted by atomic mass is 10.1. The number of carbonyl (C=O) groups excluding carboxylic acids is 1. The quantitative estimate of drug-likeness (QED) is 0.717. The molecular formula is C14H22N2O5. The second-order valence-electron chi connectivity index (χ2n) is 4.29. The Kier molecular flexibility index (Phi) is 6.77. The Morgan fingerprint density at radius 1 is 1.14 bits per heavy atom. The molecule has 3 N–H and O–H groups in total. The van der Waals surface area contributed by atoms with Crippen molar-refractivity contribution in [3.8, 4) is 17.2 Å². The van der Waals surface area contributed by atoms with Crippen LogP contribution in [0, 0.1) is 0 Å². The number of hydrogen-bond acceptors (Lipinski definition) is 6. The Bertz CT molecular complexity index is 453. The predicted octanol–water partition coefficient (Wildman–Crippen LogP) is 0.302. The SMILES string of the molecule is COCC(N)C(=O)NCc1c(OC)cc(OC)cc1OC. The van der Waals surface area contributed by atoms with Crippen molar-refractivity contribution in [3.63, 3.8) is 0 Å². The van der Waals surface area contributed by atoms with Gasteiger partial charge in [0.1, 0.15) is 23.3 Å². The molecule has 0 saturated carbocycles. The molecule has 1 atom stereocenters. The summed E-state index contributed by atoms with van der Waals surface area (Å²) in [4.78, 5) is 11.8. The number of methoxy groups -OCH3 is 4. The van der Waals surface area contributed by atoms with Crippen molar-refractivity contribution >= 4 is 5.91 Å². The third-order valence-corrected chi connectivity index (χ3v) is 2.94. The van der Waals surface area contributed by atoms with E-state index in [4.69, 9.17) is 24.7 Å². The summed E-state index contributed by atoms with van der Waals surface area (Å²) >= 11 is 0. The molecular weight excluding hydrogens is 276 g/mol. The van der Waals surface area contributed by atoms with Gasteiger partial charge in [-0.25, -0.2) is 0 Å². The number of carbonyl (C=O) groups is 1. The first-order chi connectivity index (χ1) is 10.1. The zero-order chi connectivity index (χ0) is 15.8. The van der Waals surface area contributed by atoms with Crippen LogP contribution in [-0.2, 0) is 16.1 Å². The fourth-order valence-corrected chi connectivity index (χ4v) is 1.81. The van der Waals surface area contributed by atoms with E-state index in [2.05, 4.69) is 5.32 Å². The van der Waals surface area contributed by atoms with Gasteiger partial charge in [-0.3, -0.25) is 4.79 Å². The Morgan fingerprint density at radius 3 is 2.14 bits per heavy atom. The van der Waals surface area contributed by atoms with Crippen LogP contribution in [0.15, 0.2) is 12.1 Å². The maximum Gasteiger partial charge on any atom is 0.239 e. The number of nitrogens with one attached hydrogen (secondary N) is 1. The van der Waals surface area contributed by atoms with Crippen LogP contribution in [-0.4, -0.2) is 47.0 Å². The molecule has 0 aliphatic heterocycles. The molecule has 0 radical (unpaired) electrons. The third kappa shape index (κ3) is 4.51. The van der Waals surface area contributed by atoms with Crippen LogP contribution >= 0.6 is 0 Å². The minimum Gasteiger partial charge on any atom is -0.496 e. The van der Waals surface area contributed by atoms with Gasteiger partial charge < -0.3 is 30.0 Å². The molecule has 0 fully saturated rings. The lowest BCUT2D eigenvalue weighted by Gasteiger charge is -2.17. The van der Waals surface area contributed by atoms with E-state index < -0.39 is 6.04 Å². The molecule has 7 heteroatoms. The predicted molar refractivity (Wildman–Crippen MR) is 77.8 cm³/mol. The number of hydrogen-bond donors (Lipinski definition) is 2. The Morgan fingerprint density at radius 2 is 1.71 bits per heavy atom. The summed E-state index contributed by atoms with van der Waals surface area (Å²) in [7, 11) is 6.12. The molecule has 1 amide bonds. The first-order valence-electron chi connectivity index (χ1n) is 6.38. The normalized spacial score (nSPS) is 11.7. The molecule has 0 heterocycles. The van der Waals surface area contributed by atoms with E-state index in [1.807, 2.05) is 0 Å². The highest BCUT2D eigenvalue weighted by atomic mass is 16.5. The average molecular weight is 298 g/mol. The maximum atomic E-state index is 11.8. The summed E-state index contributed by atoms with van der Waals surface area (Å²) in [5.41, 5.74) is 6.37. The van der Waals surface area contributed by atoms with Gasteiger partial charge in [0.25, 0.3) is 0 Å². The Labute approximate surface area is 124 Å². The number of rotatable bonds is 8. The van der Waals surface area contributed by atoms with Crippen molar-refractivity contribution < 1.29 is 23.7 Å². The first kappa shape index (κ1) is 17.1. The third-order valence-electron chi connectivity index (χ3n) is 2.94. The van der Waals surface area contributed by atoms with Crippen molar-refractivity contribution in [2.24, 2.45) is 5.73 Å². The zero-order valence-electron chi connectivity index (χ0n) is 12.8. The van der Waals surface area contributed by atoms with Crippen molar-refractivity contribution in [3.05, 3.63) is 17.7 Å². The fraction of sp³-hybridized carbons (Fsp3) is 0.500. The molecule has 118 valence electrons. The number of ether oxygens (including phenoxy) is 4. The van der Waals surface area contributed by atoms with Crippen LogP contribution in [0.3, 0.4) is 0 Å². The molecule has 0 aromatic heterocycles. The van der Waals surface area contributed by atoms with E-state index in [0.717, 1.165) is 0 Å². The molecule has 1 rings (SSSR count). The molecule has 21 heavy (non-hydrogen) atoms. The molecule has 1 aromatic carbocycles. The average Bonchev–Trinajstić information content (AvgIpc) is 2.51. The lowest BCUT2D eigenvalue weighted by molar-refractivity contribution is -0.123. The van der Waals surface area contributed by atoms with Gasteiger partial charge in [-0.15, -0.1) is 0 Å². The van der Waals surface area contributed by atoms with Gasteiger partial charge in [-0.2, -0.15) is 0 Å².